The number of nitrogens with zero attached hydrogens (tertiary/aromatic N) is 1. The summed E-state index contributed by atoms with van der Waals surface area (Å²) >= 11 is 0. The molecule has 0 aliphatic carbocycles. The van der Waals surface area contributed by atoms with E-state index in [2.05, 4.69) is 10.6 Å². The highest BCUT2D eigenvalue weighted by atomic mass is 16.4. The Labute approximate surface area is 176 Å². The van der Waals surface area contributed by atoms with Gasteiger partial charge in [-0.05, 0) is 38.1 Å². The second-order valence-corrected chi connectivity index (χ2v) is 9.15. The topological polar surface area (TPSA) is 98.7 Å². The molecule has 0 radical (unpaired) electrons. The first-order valence-electron chi connectivity index (χ1n) is 10.4. The van der Waals surface area contributed by atoms with Crippen LogP contribution in [0.1, 0.15) is 68.2 Å². The Bertz CT molecular complexity index is 608. The van der Waals surface area contributed by atoms with Gasteiger partial charge in [-0.1, -0.05) is 54.5 Å². The first-order valence-corrected chi connectivity index (χ1v) is 10.4. The van der Waals surface area contributed by atoms with Crippen LogP contribution in [0.25, 0.3) is 0 Å². The molecule has 0 saturated heterocycles. The molecule has 0 fully saturated rings. The van der Waals surface area contributed by atoms with Crippen molar-refractivity contribution >= 4 is 17.8 Å². The molecular formula is C22H41N3O4. The van der Waals surface area contributed by atoms with Crippen molar-refractivity contribution < 1.29 is 19.5 Å². The molecule has 29 heavy (non-hydrogen) atoms. The number of hydrogen-bond donors (Lipinski definition) is 3. The zero-order valence-corrected chi connectivity index (χ0v) is 19.8. The van der Waals surface area contributed by atoms with Gasteiger partial charge in [0.05, 0.1) is 11.6 Å². The second-order valence-electron chi connectivity index (χ2n) is 9.15. The molecule has 0 spiro atoms. The molecule has 0 aromatic rings. The molecule has 2 amide bonds. The summed E-state index contributed by atoms with van der Waals surface area (Å²) in [5.74, 6) is -1.44. The van der Waals surface area contributed by atoms with E-state index in [0.29, 0.717) is 12.8 Å². The van der Waals surface area contributed by atoms with Gasteiger partial charge in [0.1, 0.15) is 6.04 Å². The lowest BCUT2D eigenvalue weighted by atomic mass is 9.83. The molecule has 0 saturated carbocycles. The van der Waals surface area contributed by atoms with Crippen molar-refractivity contribution in [1.82, 2.24) is 15.5 Å². The molecule has 0 bridgehead atoms. The number of aliphatic carboxylic acids is 1. The highest BCUT2D eigenvalue weighted by Crippen LogP contribution is 2.25. The van der Waals surface area contributed by atoms with E-state index in [1.165, 1.54) is 6.92 Å². The van der Waals surface area contributed by atoms with Crippen LogP contribution < -0.4 is 10.6 Å². The summed E-state index contributed by atoms with van der Waals surface area (Å²) in [6, 6.07) is -1.14. The van der Waals surface area contributed by atoms with Crippen LogP contribution in [-0.2, 0) is 14.4 Å². The van der Waals surface area contributed by atoms with Crippen molar-refractivity contribution in [2.24, 2.45) is 11.3 Å². The smallest absolute Gasteiger partial charge is 0.331 e. The third kappa shape index (κ3) is 6.84. The van der Waals surface area contributed by atoms with Gasteiger partial charge in [0, 0.05) is 12.6 Å². The van der Waals surface area contributed by atoms with Gasteiger partial charge in [0.25, 0.3) is 0 Å². The third-order valence-corrected chi connectivity index (χ3v) is 5.74. The Morgan fingerprint density at radius 2 is 1.59 bits per heavy atom. The maximum absolute atomic E-state index is 13.4. The van der Waals surface area contributed by atoms with Crippen LogP contribution in [0.2, 0.25) is 0 Å². The lowest BCUT2D eigenvalue weighted by Gasteiger charge is -2.39. The number of hydrogen-bond acceptors (Lipinski definition) is 4. The number of nitrogens with one attached hydrogen (secondary N) is 2. The van der Waals surface area contributed by atoms with Crippen LogP contribution in [0.3, 0.4) is 0 Å². The minimum atomic E-state index is -1.01. The van der Waals surface area contributed by atoms with Crippen LogP contribution in [0, 0.1) is 11.3 Å². The molecule has 0 heterocycles. The van der Waals surface area contributed by atoms with E-state index in [9.17, 15) is 19.5 Å². The minimum absolute atomic E-state index is 0.0113. The lowest BCUT2D eigenvalue weighted by molar-refractivity contribution is -0.142. The van der Waals surface area contributed by atoms with Gasteiger partial charge in [-0.3, -0.25) is 9.59 Å². The minimum Gasteiger partial charge on any atom is -0.478 e. The normalized spacial score (nSPS) is 15.1. The van der Waals surface area contributed by atoms with E-state index >= 15 is 0 Å². The predicted octanol–water partition coefficient (Wildman–Crippen LogP) is 2.81. The summed E-state index contributed by atoms with van der Waals surface area (Å²) < 4.78 is 0. The summed E-state index contributed by atoms with van der Waals surface area (Å²) in [5.41, 5.74) is -1.07. The number of rotatable bonds is 10. The number of carbonyl (C=O) groups is 3. The molecule has 7 nitrogen and oxygen atoms in total. The molecule has 0 aromatic carbocycles. The average molecular weight is 412 g/mol. The van der Waals surface area contributed by atoms with Crippen LogP contribution in [-0.4, -0.2) is 59.5 Å². The first kappa shape index (κ1) is 27.1. The van der Waals surface area contributed by atoms with Crippen molar-refractivity contribution in [3.63, 3.8) is 0 Å². The van der Waals surface area contributed by atoms with Gasteiger partial charge in [-0.2, -0.15) is 0 Å². The fourth-order valence-electron chi connectivity index (χ4n) is 3.39. The maximum atomic E-state index is 13.4. The SMILES string of the molecule is CCC(CC)(NC)C(=O)NC(C(=O)N(C)[C@H](C=C(C)C(=O)O)C(C)C)C(C)(C)C. The third-order valence-electron chi connectivity index (χ3n) is 5.74. The Morgan fingerprint density at radius 1 is 1.10 bits per heavy atom. The second kappa shape index (κ2) is 10.8. The standard InChI is InChI=1S/C22H41N3O4/c1-11-22(12-2,23-9)20(29)24-17(21(6,7)8)18(26)25(10)16(14(3)4)13-15(5)19(27)28/h13-14,16-17,23H,11-12H2,1-10H3,(H,24,29)(H,27,28)/t16-,17?/m1/s1. The maximum Gasteiger partial charge on any atom is 0.331 e. The number of carboxylic acids is 1. The lowest BCUT2D eigenvalue weighted by Crippen LogP contribution is -2.62. The molecule has 7 heteroatoms. The average Bonchev–Trinajstić information content (AvgIpc) is 2.63. The van der Waals surface area contributed by atoms with E-state index in [1.54, 1.807) is 25.1 Å². The molecule has 168 valence electrons. The molecule has 1 unspecified atom stereocenters. The largest absolute Gasteiger partial charge is 0.478 e. The molecule has 0 aliphatic heterocycles. The predicted molar refractivity (Wildman–Crippen MR) is 117 cm³/mol. The van der Waals surface area contributed by atoms with Crippen molar-refractivity contribution in [3.05, 3.63) is 11.6 Å². The van der Waals surface area contributed by atoms with E-state index in [0.717, 1.165) is 0 Å². The fourth-order valence-corrected chi connectivity index (χ4v) is 3.39. The van der Waals surface area contributed by atoms with Crippen molar-refractivity contribution in [2.75, 3.05) is 14.1 Å². The summed E-state index contributed by atoms with van der Waals surface area (Å²) in [6.07, 6.45) is 2.80. The molecular weight excluding hydrogens is 370 g/mol. The first-order chi connectivity index (χ1) is 13.2. The molecule has 0 aliphatic rings. The molecule has 2 atom stereocenters. The molecule has 0 aromatic heterocycles. The zero-order valence-electron chi connectivity index (χ0n) is 19.8. The Kier molecular flexibility index (Phi) is 10.1. The quantitative estimate of drug-likeness (QED) is 0.480. The zero-order chi connectivity index (χ0) is 23.2. The van der Waals surface area contributed by atoms with E-state index in [4.69, 9.17) is 0 Å². The van der Waals surface area contributed by atoms with Gasteiger partial charge in [0.15, 0.2) is 0 Å². The van der Waals surface area contributed by atoms with Crippen molar-refractivity contribution in [3.8, 4) is 0 Å². The number of carboxylic acid groups (broad SMARTS) is 1. The Balaban J connectivity index is 5.95. The van der Waals surface area contributed by atoms with Gasteiger partial charge in [0.2, 0.25) is 11.8 Å². The van der Waals surface area contributed by atoms with Gasteiger partial charge < -0.3 is 20.6 Å². The van der Waals surface area contributed by atoms with E-state index in [1.807, 2.05) is 48.5 Å². The van der Waals surface area contributed by atoms with Gasteiger partial charge in [-0.15, -0.1) is 0 Å². The highest BCUT2D eigenvalue weighted by molar-refractivity contribution is 5.93. The summed E-state index contributed by atoms with van der Waals surface area (Å²) in [4.78, 5) is 39.3. The van der Waals surface area contributed by atoms with E-state index < -0.39 is 29.0 Å². The van der Waals surface area contributed by atoms with E-state index in [-0.39, 0.29) is 23.3 Å². The van der Waals surface area contributed by atoms with Crippen LogP contribution in [0.15, 0.2) is 11.6 Å². The number of carbonyl (C=O) groups excluding carboxylic acids is 2. The fraction of sp³-hybridized carbons (Fsp3) is 0.773. The van der Waals surface area contributed by atoms with Gasteiger partial charge in [-0.25, -0.2) is 4.79 Å². The van der Waals surface area contributed by atoms with Crippen LogP contribution in [0.4, 0.5) is 0 Å². The molecule has 3 N–H and O–H groups in total. The van der Waals surface area contributed by atoms with Gasteiger partial charge >= 0.3 is 5.97 Å². The molecule has 0 rings (SSSR count). The summed E-state index contributed by atoms with van der Waals surface area (Å²) in [6.45, 7) is 15.0. The number of amides is 2. The monoisotopic (exact) mass is 411 g/mol. The van der Waals surface area contributed by atoms with Crippen molar-refractivity contribution in [2.45, 2.75) is 85.9 Å². The number of likely N-dealkylation sites (N-methyl/N-ethyl adjacent to an activating group) is 2. The van der Waals surface area contributed by atoms with Crippen LogP contribution >= 0.6 is 0 Å². The highest BCUT2D eigenvalue weighted by Gasteiger charge is 2.41. The van der Waals surface area contributed by atoms with Crippen molar-refractivity contribution in [1.29, 1.82) is 0 Å². The van der Waals surface area contributed by atoms with Crippen LogP contribution in [0.5, 0.6) is 0 Å². The Morgan fingerprint density at radius 3 is 1.90 bits per heavy atom. The Hall–Kier alpha value is -1.89. The summed E-state index contributed by atoms with van der Waals surface area (Å²) in [7, 11) is 3.41. The summed E-state index contributed by atoms with van der Waals surface area (Å²) in [5, 5.41) is 15.3.